The molecule has 2 aliphatic heterocycles. The number of thiophene rings is 1. The molecule has 5 rings (SSSR count). The van der Waals surface area contributed by atoms with Gasteiger partial charge in [0.1, 0.15) is 0 Å². The van der Waals surface area contributed by atoms with Crippen LogP contribution in [0.4, 0.5) is 0 Å². The summed E-state index contributed by atoms with van der Waals surface area (Å²) < 4.78 is 6.39. The number of allylic oxidation sites excluding steroid dienone is 1. The Morgan fingerprint density at radius 2 is 1.89 bits per heavy atom. The number of fused-ring (bicyclic) bond motifs is 5. The third-order valence-electron chi connectivity index (χ3n) is 6.85. The summed E-state index contributed by atoms with van der Waals surface area (Å²) in [6, 6.07) is 8.78. The molecule has 1 aliphatic carbocycles. The average Bonchev–Trinajstić information content (AvgIpc) is 3.36. The molecule has 27 heavy (non-hydrogen) atoms. The maximum absolute atomic E-state index is 13.6. The van der Waals surface area contributed by atoms with Gasteiger partial charge in [-0.3, -0.25) is 4.79 Å². The molecule has 0 radical (unpaired) electrons. The van der Waals surface area contributed by atoms with Crippen LogP contribution in [0.2, 0.25) is 0 Å². The molecule has 3 aliphatic rings. The van der Waals surface area contributed by atoms with Crippen molar-refractivity contribution in [1.29, 1.82) is 0 Å². The van der Waals surface area contributed by atoms with Crippen molar-refractivity contribution in [3.63, 3.8) is 0 Å². The van der Waals surface area contributed by atoms with Gasteiger partial charge in [-0.25, -0.2) is 0 Å². The van der Waals surface area contributed by atoms with E-state index in [9.17, 15) is 4.79 Å². The van der Waals surface area contributed by atoms with Crippen molar-refractivity contribution in [2.24, 2.45) is 11.8 Å². The smallest absolute Gasteiger partial charge is 0.169 e. The van der Waals surface area contributed by atoms with Crippen LogP contribution < -0.4 is 0 Å². The molecule has 0 saturated carbocycles. The Bertz CT molecular complexity index is 930. The fourth-order valence-electron chi connectivity index (χ4n) is 6.03. The first-order valence-corrected chi connectivity index (χ1v) is 10.9. The van der Waals surface area contributed by atoms with Gasteiger partial charge in [0.15, 0.2) is 5.78 Å². The molecule has 0 N–H and O–H groups in total. The van der Waals surface area contributed by atoms with E-state index in [0.717, 1.165) is 18.4 Å². The topological polar surface area (TPSA) is 26.3 Å². The van der Waals surface area contributed by atoms with Crippen molar-refractivity contribution < 1.29 is 9.53 Å². The molecule has 2 nitrogen and oxygen atoms in total. The van der Waals surface area contributed by atoms with Gasteiger partial charge < -0.3 is 4.74 Å². The number of carbonyl (C=O) groups is 1. The highest BCUT2D eigenvalue weighted by Crippen LogP contribution is 2.59. The van der Waals surface area contributed by atoms with Gasteiger partial charge in [-0.2, -0.15) is 0 Å². The molecular formula is C24H26O2S. The van der Waals surface area contributed by atoms with Crippen LogP contribution in [0.1, 0.15) is 52.8 Å². The van der Waals surface area contributed by atoms with E-state index in [0.29, 0.717) is 11.7 Å². The lowest BCUT2D eigenvalue weighted by atomic mass is 9.72. The highest BCUT2D eigenvalue weighted by molar-refractivity contribution is 7.10. The maximum Gasteiger partial charge on any atom is 0.169 e. The number of ketones is 1. The van der Waals surface area contributed by atoms with Gasteiger partial charge in [-0.15, -0.1) is 11.3 Å². The van der Waals surface area contributed by atoms with Crippen LogP contribution in [0.25, 0.3) is 5.57 Å². The van der Waals surface area contributed by atoms with Crippen molar-refractivity contribution >= 4 is 22.7 Å². The monoisotopic (exact) mass is 378 g/mol. The lowest BCUT2D eigenvalue weighted by Crippen LogP contribution is -2.33. The van der Waals surface area contributed by atoms with E-state index in [2.05, 4.69) is 57.3 Å². The number of hydrogen-bond acceptors (Lipinski definition) is 3. The van der Waals surface area contributed by atoms with Crippen LogP contribution in [0.15, 0.2) is 35.2 Å². The Morgan fingerprint density at radius 1 is 1.15 bits per heavy atom. The number of rotatable bonds is 3. The van der Waals surface area contributed by atoms with Gasteiger partial charge in [-0.05, 0) is 61.7 Å². The molecule has 0 amide bonds. The molecule has 1 unspecified atom stereocenters. The Hall–Kier alpha value is -1.71. The highest BCUT2D eigenvalue weighted by Gasteiger charge is 2.61. The van der Waals surface area contributed by atoms with Crippen LogP contribution >= 0.6 is 11.3 Å². The molecule has 2 fully saturated rings. The summed E-state index contributed by atoms with van der Waals surface area (Å²) >= 11 is 1.83. The Morgan fingerprint density at radius 3 is 2.52 bits per heavy atom. The van der Waals surface area contributed by atoms with E-state index < -0.39 is 0 Å². The molecular weight excluding hydrogens is 352 g/mol. The standard InChI is InChI=1S/C24H26O2S/c1-5-15-20(19-13(3)9-12(2)10-14(19)4)23(25)22-17-11-16(18-7-6-8-27-18)24(26-17)21(15)22/h6-10,16-17,21-22,24H,5,11H2,1-4H3/t16-,17?,21-,22-,24+/m0/s1. The largest absolute Gasteiger partial charge is 0.373 e. The normalized spacial score (nSPS) is 31.9. The van der Waals surface area contributed by atoms with Crippen molar-refractivity contribution in [1.82, 2.24) is 0 Å². The van der Waals surface area contributed by atoms with Gasteiger partial charge in [0.25, 0.3) is 0 Å². The molecule has 2 bridgehead atoms. The first-order chi connectivity index (χ1) is 13.0. The minimum Gasteiger partial charge on any atom is -0.373 e. The van der Waals surface area contributed by atoms with Crippen LogP contribution in [-0.4, -0.2) is 18.0 Å². The number of Topliss-reactive ketones (excluding diaryl/α,β-unsaturated/α-hetero) is 1. The predicted octanol–water partition coefficient (Wildman–Crippen LogP) is 5.61. The second-order valence-electron chi connectivity index (χ2n) is 8.44. The molecule has 0 spiro atoms. The number of aryl methyl sites for hydroxylation is 3. The molecule has 2 aromatic rings. The van der Waals surface area contributed by atoms with E-state index >= 15 is 0 Å². The van der Waals surface area contributed by atoms with Crippen molar-refractivity contribution in [2.75, 3.05) is 0 Å². The highest BCUT2D eigenvalue weighted by atomic mass is 32.1. The predicted molar refractivity (Wildman–Crippen MR) is 110 cm³/mol. The first-order valence-electron chi connectivity index (χ1n) is 10.1. The van der Waals surface area contributed by atoms with Gasteiger partial charge in [0, 0.05) is 22.3 Å². The van der Waals surface area contributed by atoms with Crippen molar-refractivity contribution in [3.05, 3.63) is 62.3 Å². The molecule has 5 atom stereocenters. The quantitative estimate of drug-likeness (QED) is 0.694. The van der Waals surface area contributed by atoms with Crippen molar-refractivity contribution in [2.45, 2.75) is 58.7 Å². The van der Waals surface area contributed by atoms with Gasteiger partial charge in [0.05, 0.1) is 18.1 Å². The molecule has 1 aromatic carbocycles. The zero-order chi connectivity index (χ0) is 18.9. The molecule has 3 heterocycles. The second kappa shape index (κ2) is 6.15. The SMILES string of the molecule is CCC1=C(c2c(C)cc(C)cc2C)C(=O)[C@H]2C3C[C@@H](c4cccs4)[C@@H](O3)[C@@H]12. The summed E-state index contributed by atoms with van der Waals surface area (Å²) in [5.41, 5.74) is 7.26. The van der Waals surface area contributed by atoms with Gasteiger partial charge in [-0.1, -0.05) is 36.3 Å². The summed E-state index contributed by atoms with van der Waals surface area (Å²) in [5.74, 6) is 1.09. The molecule has 3 heteroatoms. The third-order valence-corrected chi connectivity index (χ3v) is 7.85. The summed E-state index contributed by atoms with van der Waals surface area (Å²) in [6.45, 7) is 8.63. The third kappa shape index (κ3) is 2.37. The van der Waals surface area contributed by atoms with E-state index in [4.69, 9.17) is 4.74 Å². The van der Waals surface area contributed by atoms with Gasteiger partial charge in [0.2, 0.25) is 0 Å². The minimum absolute atomic E-state index is 0.0382. The number of benzene rings is 1. The summed E-state index contributed by atoms with van der Waals surface area (Å²) in [5, 5.41) is 2.15. The Labute approximate surface area is 165 Å². The molecule has 140 valence electrons. The minimum atomic E-state index is 0.0382. The molecule has 1 aromatic heterocycles. The number of ether oxygens (including phenoxy) is 1. The summed E-state index contributed by atoms with van der Waals surface area (Å²) in [4.78, 5) is 15.0. The van der Waals surface area contributed by atoms with Crippen LogP contribution in [0.5, 0.6) is 0 Å². The average molecular weight is 379 g/mol. The zero-order valence-electron chi connectivity index (χ0n) is 16.4. The Balaban J connectivity index is 1.63. The molecule has 2 saturated heterocycles. The first kappa shape index (κ1) is 17.4. The summed E-state index contributed by atoms with van der Waals surface area (Å²) in [7, 11) is 0. The number of carbonyl (C=O) groups excluding carboxylic acids is 1. The van der Waals surface area contributed by atoms with Crippen molar-refractivity contribution in [3.8, 4) is 0 Å². The Kier molecular flexibility index (Phi) is 3.96. The number of hydrogen-bond donors (Lipinski definition) is 0. The lowest BCUT2D eigenvalue weighted by molar-refractivity contribution is -0.118. The van der Waals surface area contributed by atoms with Crippen LogP contribution in [0.3, 0.4) is 0 Å². The van der Waals surface area contributed by atoms with E-state index in [1.165, 1.54) is 32.7 Å². The second-order valence-corrected chi connectivity index (χ2v) is 9.42. The fourth-order valence-corrected chi connectivity index (χ4v) is 6.90. The zero-order valence-corrected chi connectivity index (χ0v) is 17.2. The maximum atomic E-state index is 13.6. The fraction of sp³-hybridized carbons (Fsp3) is 0.458. The van der Waals surface area contributed by atoms with E-state index in [-0.39, 0.29) is 24.0 Å². The van der Waals surface area contributed by atoms with Crippen LogP contribution in [-0.2, 0) is 9.53 Å². The van der Waals surface area contributed by atoms with E-state index in [1.807, 2.05) is 11.3 Å². The van der Waals surface area contributed by atoms with Gasteiger partial charge >= 0.3 is 0 Å². The van der Waals surface area contributed by atoms with E-state index in [1.54, 1.807) is 0 Å². The summed E-state index contributed by atoms with van der Waals surface area (Å²) in [6.07, 6.45) is 2.18. The lowest BCUT2D eigenvalue weighted by Gasteiger charge is -2.28. The van der Waals surface area contributed by atoms with Crippen LogP contribution in [0, 0.1) is 32.6 Å².